The molecule has 30 heavy (non-hydrogen) atoms. The molecule has 0 unspecified atom stereocenters. The van der Waals surface area contributed by atoms with Crippen molar-refractivity contribution in [3.63, 3.8) is 0 Å². The summed E-state index contributed by atoms with van der Waals surface area (Å²) in [5, 5.41) is 0. The molecular formula is C21H35N7O2. The lowest BCUT2D eigenvalue weighted by Gasteiger charge is -2.38. The Kier molecular flexibility index (Phi) is 6.89. The SMILES string of the molecule is CCCCOc1nc(N)c2[nH]c(=O)n(CCCN3CCN(C4CCCC4)CC3)c2n1. The fourth-order valence-corrected chi connectivity index (χ4v) is 4.68. The van der Waals surface area contributed by atoms with Crippen LogP contribution in [0.15, 0.2) is 4.79 Å². The fourth-order valence-electron chi connectivity index (χ4n) is 4.68. The van der Waals surface area contributed by atoms with Crippen LogP contribution in [0.3, 0.4) is 0 Å². The van der Waals surface area contributed by atoms with Gasteiger partial charge in [0, 0.05) is 38.8 Å². The molecule has 3 heterocycles. The molecule has 0 spiro atoms. The second kappa shape index (κ2) is 9.78. The van der Waals surface area contributed by atoms with Crippen LogP contribution in [0.4, 0.5) is 5.82 Å². The Labute approximate surface area is 177 Å². The van der Waals surface area contributed by atoms with Crippen LogP contribution < -0.4 is 16.2 Å². The highest BCUT2D eigenvalue weighted by Crippen LogP contribution is 2.24. The molecule has 2 aromatic rings. The number of aromatic amines is 1. The molecule has 0 aromatic carbocycles. The minimum absolute atomic E-state index is 0.192. The molecule has 2 aliphatic rings. The molecule has 0 bridgehead atoms. The molecule has 1 saturated heterocycles. The number of imidazole rings is 1. The van der Waals surface area contributed by atoms with E-state index < -0.39 is 0 Å². The first kappa shape index (κ1) is 21.1. The van der Waals surface area contributed by atoms with E-state index in [2.05, 4.69) is 31.7 Å². The van der Waals surface area contributed by atoms with Crippen molar-refractivity contribution in [3.05, 3.63) is 10.5 Å². The van der Waals surface area contributed by atoms with Gasteiger partial charge in [0.1, 0.15) is 5.52 Å². The van der Waals surface area contributed by atoms with Crippen LogP contribution in [0.1, 0.15) is 51.9 Å². The summed E-state index contributed by atoms with van der Waals surface area (Å²) < 4.78 is 7.27. The lowest BCUT2D eigenvalue weighted by molar-refractivity contribution is 0.0964. The summed E-state index contributed by atoms with van der Waals surface area (Å²) in [5.74, 6) is 0.255. The number of H-pyrrole nitrogens is 1. The maximum atomic E-state index is 12.5. The summed E-state index contributed by atoms with van der Waals surface area (Å²) in [6.07, 6.45) is 8.38. The molecule has 0 radical (unpaired) electrons. The Hall–Kier alpha value is -2.13. The summed E-state index contributed by atoms with van der Waals surface area (Å²) in [5.41, 5.74) is 6.86. The van der Waals surface area contributed by atoms with Crippen molar-refractivity contribution < 1.29 is 4.74 Å². The van der Waals surface area contributed by atoms with E-state index in [1.54, 1.807) is 4.57 Å². The van der Waals surface area contributed by atoms with Crippen molar-refractivity contribution in [3.8, 4) is 6.01 Å². The van der Waals surface area contributed by atoms with Crippen molar-refractivity contribution in [2.75, 3.05) is 45.1 Å². The molecule has 0 amide bonds. The van der Waals surface area contributed by atoms with Gasteiger partial charge in [0.2, 0.25) is 0 Å². The number of nitrogens with one attached hydrogen (secondary N) is 1. The highest BCUT2D eigenvalue weighted by molar-refractivity contribution is 5.81. The number of aryl methyl sites for hydroxylation is 1. The van der Waals surface area contributed by atoms with Crippen molar-refractivity contribution >= 4 is 17.0 Å². The Bertz CT molecular complexity index is 879. The summed E-state index contributed by atoms with van der Waals surface area (Å²) in [7, 11) is 0. The number of nitrogen functional groups attached to an aromatic ring is 1. The van der Waals surface area contributed by atoms with Crippen molar-refractivity contribution in [2.24, 2.45) is 0 Å². The number of hydrogen-bond acceptors (Lipinski definition) is 7. The predicted molar refractivity (Wildman–Crippen MR) is 118 cm³/mol. The van der Waals surface area contributed by atoms with Crippen molar-refractivity contribution in [2.45, 2.75) is 64.5 Å². The summed E-state index contributed by atoms with van der Waals surface area (Å²) >= 11 is 0. The van der Waals surface area contributed by atoms with Crippen LogP contribution in [-0.2, 0) is 6.54 Å². The lowest BCUT2D eigenvalue weighted by Crippen LogP contribution is -2.49. The lowest BCUT2D eigenvalue weighted by atomic mass is 10.2. The second-order valence-corrected chi connectivity index (χ2v) is 8.54. The van der Waals surface area contributed by atoms with Gasteiger partial charge in [0.05, 0.1) is 6.61 Å². The number of piperazine rings is 1. The molecular weight excluding hydrogens is 382 g/mol. The first-order chi connectivity index (χ1) is 14.7. The summed E-state index contributed by atoms with van der Waals surface area (Å²) in [6.45, 7) is 8.79. The first-order valence-corrected chi connectivity index (χ1v) is 11.5. The van der Waals surface area contributed by atoms with E-state index >= 15 is 0 Å². The quantitative estimate of drug-likeness (QED) is 0.600. The van der Waals surface area contributed by atoms with Gasteiger partial charge in [0.25, 0.3) is 0 Å². The predicted octanol–water partition coefficient (Wildman–Crippen LogP) is 1.83. The van der Waals surface area contributed by atoms with Gasteiger partial charge in [-0.3, -0.25) is 9.47 Å². The van der Waals surface area contributed by atoms with E-state index in [-0.39, 0.29) is 17.5 Å². The maximum Gasteiger partial charge on any atom is 0.327 e. The number of fused-ring (bicyclic) bond motifs is 1. The molecule has 3 N–H and O–H groups in total. The van der Waals surface area contributed by atoms with Crippen molar-refractivity contribution in [1.29, 1.82) is 0 Å². The third-order valence-corrected chi connectivity index (χ3v) is 6.46. The Morgan fingerprint density at radius 2 is 1.87 bits per heavy atom. The standard InChI is InChI=1S/C21H35N7O2/c1-2-3-15-30-20-24-18(22)17-19(25-20)28(21(29)23-17)10-6-9-26-11-13-27(14-12-26)16-7-4-5-8-16/h16H,2-15H2,1H3,(H,23,29)(H2,22,24,25). The minimum Gasteiger partial charge on any atom is -0.463 e. The number of nitrogens with zero attached hydrogens (tertiary/aromatic N) is 5. The van der Waals surface area contributed by atoms with E-state index in [1.165, 1.54) is 38.8 Å². The van der Waals surface area contributed by atoms with Gasteiger partial charge >= 0.3 is 11.7 Å². The van der Waals surface area contributed by atoms with E-state index in [4.69, 9.17) is 10.5 Å². The maximum absolute atomic E-state index is 12.5. The normalized spacial score (nSPS) is 19.1. The molecule has 1 saturated carbocycles. The number of hydrogen-bond donors (Lipinski definition) is 2. The van der Waals surface area contributed by atoms with Crippen LogP contribution in [0.2, 0.25) is 0 Å². The third-order valence-electron chi connectivity index (χ3n) is 6.46. The van der Waals surface area contributed by atoms with E-state index in [0.29, 0.717) is 24.3 Å². The third kappa shape index (κ3) is 4.78. The molecule has 2 fully saturated rings. The molecule has 4 rings (SSSR count). The Balaban J connectivity index is 1.33. The Morgan fingerprint density at radius 3 is 2.60 bits per heavy atom. The molecule has 0 atom stereocenters. The van der Waals surface area contributed by atoms with Gasteiger partial charge < -0.3 is 20.4 Å². The summed E-state index contributed by atoms with van der Waals surface area (Å²) in [6, 6.07) is 1.06. The van der Waals surface area contributed by atoms with Gasteiger partial charge in [-0.1, -0.05) is 26.2 Å². The van der Waals surface area contributed by atoms with Gasteiger partial charge in [-0.2, -0.15) is 9.97 Å². The zero-order valence-corrected chi connectivity index (χ0v) is 18.1. The van der Waals surface area contributed by atoms with Gasteiger partial charge in [-0.25, -0.2) is 4.79 Å². The van der Waals surface area contributed by atoms with Gasteiger partial charge in [-0.15, -0.1) is 0 Å². The molecule has 1 aliphatic carbocycles. The number of ether oxygens (including phenoxy) is 1. The number of anilines is 1. The van der Waals surface area contributed by atoms with Gasteiger partial charge in [0.15, 0.2) is 11.5 Å². The Morgan fingerprint density at radius 1 is 1.10 bits per heavy atom. The zero-order chi connectivity index (χ0) is 20.9. The van der Waals surface area contributed by atoms with Crippen LogP contribution in [-0.4, -0.2) is 74.7 Å². The van der Waals surface area contributed by atoms with E-state index in [0.717, 1.165) is 44.9 Å². The molecule has 1 aliphatic heterocycles. The highest BCUT2D eigenvalue weighted by atomic mass is 16.5. The molecule has 9 nitrogen and oxygen atoms in total. The highest BCUT2D eigenvalue weighted by Gasteiger charge is 2.26. The topological polar surface area (TPSA) is 105 Å². The van der Waals surface area contributed by atoms with E-state index in [1.807, 2.05) is 0 Å². The molecule has 9 heteroatoms. The average Bonchev–Trinajstić information content (AvgIpc) is 3.38. The van der Waals surface area contributed by atoms with E-state index in [9.17, 15) is 4.79 Å². The number of rotatable bonds is 9. The van der Waals surface area contributed by atoms with Crippen LogP contribution >= 0.6 is 0 Å². The summed E-state index contributed by atoms with van der Waals surface area (Å²) in [4.78, 5) is 29.1. The van der Waals surface area contributed by atoms with Crippen LogP contribution in [0, 0.1) is 0 Å². The smallest absolute Gasteiger partial charge is 0.327 e. The number of nitrogens with two attached hydrogens (primary N) is 1. The van der Waals surface area contributed by atoms with Gasteiger partial charge in [-0.05, 0) is 32.2 Å². The first-order valence-electron chi connectivity index (χ1n) is 11.5. The number of aromatic nitrogens is 4. The van der Waals surface area contributed by atoms with Crippen LogP contribution in [0.25, 0.3) is 11.2 Å². The zero-order valence-electron chi connectivity index (χ0n) is 18.1. The molecule has 2 aromatic heterocycles. The number of unbranched alkanes of at least 4 members (excludes halogenated alkanes) is 1. The fraction of sp³-hybridized carbons (Fsp3) is 0.762. The largest absolute Gasteiger partial charge is 0.463 e. The second-order valence-electron chi connectivity index (χ2n) is 8.54. The minimum atomic E-state index is -0.192. The van der Waals surface area contributed by atoms with Crippen molar-refractivity contribution in [1.82, 2.24) is 29.3 Å². The average molecular weight is 418 g/mol. The van der Waals surface area contributed by atoms with Crippen LogP contribution in [0.5, 0.6) is 6.01 Å². The molecule has 166 valence electrons. The monoisotopic (exact) mass is 417 g/mol.